The van der Waals surface area contributed by atoms with E-state index in [9.17, 15) is 4.79 Å². The molecule has 0 bridgehead atoms. The van der Waals surface area contributed by atoms with Gasteiger partial charge in [0.2, 0.25) is 0 Å². The van der Waals surface area contributed by atoms with E-state index >= 15 is 0 Å². The maximum atomic E-state index is 12.2. The summed E-state index contributed by atoms with van der Waals surface area (Å²) in [7, 11) is 1.69. The maximum Gasteiger partial charge on any atom is 0.164 e. The molecule has 0 saturated heterocycles. The minimum absolute atomic E-state index is 0.337. The van der Waals surface area contributed by atoms with Gasteiger partial charge < -0.3 is 4.74 Å². The first kappa shape index (κ1) is 12.7. The van der Waals surface area contributed by atoms with Gasteiger partial charge in [0.1, 0.15) is 5.60 Å². The predicted molar refractivity (Wildman–Crippen MR) is 61.9 cm³/mol. The number of carbonyl (C=O) groups is 1. The number of unbranched alkanes of at least 4 members (excludes halogenated alkanes) is 2. The fraction of sp³-hybridized carbons (Fsp3) is 0.923. The number of hydrogen-bond acceptors (Lipinski definition) is 2. The van der Waals surface area contributed by atoms with Gasteiger partial charge in [0.15, 0.2) is 5.78 Å². The first-order valence-corrected chi connectivity index (χ1v) is 6.25. The highest BCUT2D eigenvalue weighted by Gasteiger charge is 2.45. The first-order chi connectivity index (χ1) is 7.17. The number of ketones is 1. The van der Waals surface area contributed by atoms with Gasteiger partial charge in [-0.1, -0.05) is 26.7 Å². The summed E-state index contributed by atoms with van der Waals surface area (Å²) in [5.74, 6) is 0.736. The lowest BCUT2D eigenvalue weighted by Crippen LogP contribution is -2.43. The van der Waals surface area contributed by atoms with Crippen LogP contribution in [0.1, 0.15) is 58.8 Å². The van der Waals surface area contributed by atoms with Crippen LogP contribution in [-0.2, 0) is 9.53 Å². The van der Waals surface area contributed by atoms with Crippen molar-refractivity contribution in [3.05, 3.63) is 0 Å². The van der Waals surface area contributed by atoms with Crippen molar-refractivity contribution in [1.29, 1.82) is 0 Å². The smallest absolute Gasteiger partial charge is 0.164 e. The predicted octanol–water partition coefficient (Wildman–Crippen LogP) is 3.34. The van der Waals surface area contributed by atoms with Crippen LogP contribution >= 0.6 is 0 Å². The van der Waals surface area contributed by atoms with E-state index in [2.05, 4.69) is 13.8 Å². The van der Waals surface area contributed by atoms with E-state index in [1.54, 1.807) is 7.11 Å². The molecule has 1 saturated carbocycles. The molecule has 0 aromatic carbocycles. The molecule has 0 amide bonds. The monoisotopic (exact) mass is 212 g/mol. The minimum Gasteiger partial charge on any atom is -0.370 e. The van der Waals surface area contributed by atoms with Crippen LogP contribution in [0.25, 0.3) is 0 Å². The lowest BCUT2D eigenvalue weighted by molar-refractivity contribution is -0.145. The molecule has 15 heavy (non-hydrogen) atoms. The Balaban J connectivity index is 2.53. The SMILES string of the molecule is CCCCCC(=O)C1(OC)CCCC1C. The summed E-state index contributed by atoms with van der Waals surface area (Å²) in [6.45, 7) is 4.31. The zero-order chi connectivity index (χ0) is 11.3. The molecule has 1 fully saturated rings. The molecule has 88 valence electrons. The molecule has 2 atom stereocenters. The van der Waals surface area contributed by atoms with Crippen molar-refractivity contribution in [1.82, 2.24) is 0 Å². The lowest BCUT2D eigenvalue weighted by atomic mass is 9.85. The van der Waals surface area contributed by atoms with E-state index < -0.39 is 5.60 Å². The summed E-state index contributed by atoms with van der Waals surface area (Å²) in [6, 6.07) is 0. The van der Waals surface area contributed by atoms with Gasteiger partial charge in [0, 0.05) is 13.5 Å². The Hall–Kier alpha value is -0.370. The van der Waals surface area contributed by atoms with Crippen molar-refractivity contribution in [3.63, 3.8) is 0 Å². The van der Waals surface area contributed by atoms with Gasteiger partial charge in [-0.3, -0.25) is 4.79 Å². The lowest BCUT2D eigenvalue weighted by Gasteiger charge is -2.30. The van der Waals surface area contributed by atoms with Crippen molar-refractivity contribution in [3.8, 4) is 0 Å². The van der Waals surface area contributed by atoms with Crippen molar-refractivity contribution in [2.45, 2.75) is 64.4 Å². The number of ether oxygens (including phenoxy) is 1. The van der Waals surface area contributed by atoms with Gasteiger partial charge in [-0.05, 0) is 31.6 Å². The zero-order valence-electron chi connectivity index (χ0n) is 10.3. The van der Waals surface area contributed by atoms with E-state index in [4.69, 9.17) is 4.74 Å². The second-order valence-corrected chi connectivity index (χ2v) is 4.77. The molecule has 0 N–H and O–H groups in total. The molecular weight excluding hydrogens is 188 g/mol. The topological polar surface area (TPSA) is 26.3 Å². The molecule has 0 aromatic heterocycles. The Morgan fingerprint density at radius 3 is 2.67 bits per heavy atom. The van der Waals surface area contributed by atoms with Crippen LogP contribution in [0.15, 0.2) is 0 Å². The van der Waals surface area contributed by atoms with Crippen LogP contribution in [-0.4, -0.2) is 18.5 Å². The molecule has 0 aromatic rings. The third kappa shape index (κ3) is 2.60. The summed E-state index contributed by atoms with van der Waals surface area (Å²) in [5, 5.41) is 0. The average molecular weight is 212 g/mol. The van der Waals surface area contributed by atoms with Crippen LogP contribution in [0.4, 0.5) is 0 Å². The van der Waals surface area contributed by atoms with Crippen molar-refractivity contribution < 1.29 is 9.53 Å². The van der Waals surface area contributed by atoms with Crippen molar-refractivity contribution in [2.24, 2.45) is 5.92 Å². The number of methoxy groups -OCH3 is 1. The number of Topliss-reactive ketones (excluding diaryl/α,β-unsaturated/α-hetero) is 1. The largest absolute Gasteiger partial charge is 0.370 e. The Labute approximate surface area is 93.4 Å². The Morgan fingerprint density at radius 1 is 1.47 bits per heavy atom. The fourth-order valence-corrected chi connectivity index (χ4v) is 2.73. The first-order valence-electron chi connectivity index (χ1n) is 6.25. The normalized spacial score (nSPS) is 30.7. The Bertz CT molecular complexity index is 213. The van der Waals surface area contributed by atoms with Crippen LogP contribution in [0, 0.1) is 5.92 Å². The number of carbonyl (C=O) groups excluding carboxylic acids is 1. The van der Waals surface area contributed by atoms with Crippen LogP contribution < -0.4 is 0 Å². The third-order valence-corrected chi connectivity index (χ3v) is 3.82. The molecule has 0 spiro atoms. The molecule has 1 rings (SSSR count). The third-order valence-electron chi connectivity index (χ3n) is 3.82. The van der Waals surface area contributed by atoms with Gasteiger partial charge in [-0.2, -0.15) is 0 Å². The summed E-state index contributed by atoms with van der Waals surface area (Å²) < 4.78 is 5.55. The second kappa shape index (κ2) is 5.64. The van der Waals surface area contributed by atoms with Crippen LogP contribution in [0.3, 0.4) is 0 Å². The van der Waals surface area contributed by atoms with Gasteiger partial charge >= 0.3 is 0 Å². The van der Waals surface area contributed by atoms with Crippen molar-refractivity contribution >= 4 is 5.78 Å². The van der Waals surface area contributed by atoms with E-state index in [-0.39, 0.29) is 0 Å². The molecule has 0 aliphatic heterocycles. The number of hydrogen-bond donors (Lipinski definition) is 0. The standard InChI is InChI=1S/C13H24O2/c1-4-5-6-9-12(14)13(15-3)10-7-8-11(13)2/h11H,4-10H2,1-3H3. The highest BCUT2D eigenvalue weighted by Crippen LogP contribution is 2.39. The molecular formula is C13H24O2. The average Bonchev–Trinajstić information content (AvgIpc) is 2.61. The molecule has 2 nitrogen and oxygen atoms in total. The molecule has 2 heteroatoms. The molecule has 1 aliphatic carbocycles. The quantitative estimate of drug-likeness (QED) is 0.631. The highest BCUT2D eigenvalue weighted by atomic mass is 16.5. The molecule has 1 aliphatic rings. The van der Waals surface area contributed by atoms with Crippen LogP contribution in [0.2, 0.25) is 0 Å². The summed E-state index contributed by atoms with van der Waals surface area (Å²) in [4.78, 5) is 12.2. The van der Waals surface area contributed by atoms with E-state index in [1.165, 1.54) is 6.42 Å². The Kier molecular flexibility index (Phi) is 4.78. The van der Waals surface area contributed by atoms with E-state index in [0.717, 1.165) is 32.1 Å². The summed E-state index contributed by atoms with van der Waals surface area (Å²) in [5.41, 5.74) is -0.437. The highest BCUT2D eigenvalue weighted by molar-refractivity contribution is 5.88. The molecule has 2 unspecified atom stereocenters. The fourth-order valence-electron chi connectivity index (χ4n) is 2.73. The zero-order valence-corrected chi connectivity index (χ0v) is 10.3. The molecule has 0 radical (unpaired) electrons. The summed E-state index contributed by atoms with van der Waals surface area (Å²) in [6.07, 6.45) is 7.24. The van der Waals surface area contributed by atoms with E-state index in [0.29, 0.717) is 18.1 Å². The molecule has 0 heterocycles. The number of rotatable bonds is 6. The minimum atomic E-state index is -0.437. The van der Waals surface area contributed by atoms with Gasteiger partial charge in [-0.25, -0.2) is 0 Å². The second-order valence-electron chi connectivity index (χ2n) is 4.77. The van der Waals surface area contributed by atoms with Gasteiger partial charge in [0.25, 0.3) is 0 Å². The Morgan fingerprint density at radius 2 is 2.20 bits per heavy atom. The van der Waals surface area contributed by atoms with Gasteiger partial charge in [-0.15, -0.1) is 0 Å². The van der Waals surface area contributed by atoms with Crippen molar-refractivity contribution in [2.75, 3.05) is 7.11 Å². The van der Waals surface area contributed by atoms with Crippen LogP contribution in [0.5, 0.6) is 0 Å². The maximum absolute atomic E-state index is 12.2. The summed E-state index contributed by atoms with van der Waals surface area (Å²) >= 11 is 0. The van der Waals surface area contributed by atoms with Gasteiger partial charge in [0.05, 0.1) is 0 Å². The van der Waals surface area contributed by atoms with E-state index in [1.807, 2.05) is 0 Å².